The SMILES string of the molecule is C[C@H](NC(c1cccs1)c1cccs1)c1ccncc1. The minimum atomic E-state index is 0.262. The molecule has 0 amide bonds. The van der Waals surface area contributed by atoms with Crippen molar-refractivity contribution in [1.29, 1.82) is 0 Å². The van der Waals surface area contributed by atoms with Crippen LogP contribution < -0.4 is 5.32 Å². The summed E-state index contributed by atoms with van der Waals surface area (Å²) in [5.41, 5.74) is 1.26. The van der Waals surface area contributed by atoms with Gasteiger partial charge in [-0.05, 0) is 47.5 Å². The largest absolute Gasteiger partial charge is 0.298 e. The zero-order valence-electron chi connectivity index (χ0n) is 11.2. The summed E-state index contributed by atoms with van der Waals surface area (Å²) in [7, 11) is 0. The molecule has 0 aliphatic rings. The molecular weight excluding hydrogens is 284 g/mol. The molecule has 0 saturated carbocycles. The molecule has 0 radical (unpaired) electrons. The molecule has 1 N–H and O–H groups in total. The summed E-state index contributed by atoms with van der Waals surface area (Å²) in [5, 5.41) is 8.00. The first kappa shape index (κ1) is 13.5. The molecule has 3 heterocycles. The maximum absolute atomic E-state index is 4.08. The molecule has 1 atom stereocenters. The van der Waals surface area contributed by atoms with Crippen LogP contribution in [0.5, 0.6) is 0 Å². The van der Waals surface area contributed by atoms with E-state index in [9.17, 15) is 0 Å². The predicted octanol–water partition coefficient (Wildman–Crippen LogP) is 4.64. The molecule has 0 spiro atoms. The lowest BCUT2D eigenvalue weighted by molar-refractivity contribution is 0.526. The molecule has 0 aliphatic carbocycles. The molecule has 2 nitrogen and oxygen atoms in total. The van der Waals surface area contributed by atoms with Gasteiger partial charge in [-0.1, -0.05) is 12.1 Å². The van der Waals surface area contributed by atoms with Gasteiger partial charge in [0.15, 0.2) is 0 Å². The van der Waals surface area contributed by atoms with E-state index in [1.54, 1.807) is 22.7 Å². The number of nitrogens with one attached hydrogen (secondary N) is 1. The van der Waals surface area contributed by atoms with Crippen molar-refractivity contribution in [2.45, 2.75) is 19.0 Å². The van der Waals surface area contributed by atoms with Crippen LogP contribution in [0.3, 0.4) is 0 Å². The Morgan fingerprint density at radius 3 is 2.05 bits per heavy atom. The summed E-state index contributed by atoms with van der Waals surface area (Å²) in [5.74, 6) is 0. The van der Waals surface area contributed by atoms with Gasteiger partial charge in [0.1, 0.15) is 0 Å². The topological polar surface area (TPSA) is 24.9 Å². The summed E-state index contributed by atoms with van der Waals surface area (Å²) in [4.78, 5) is 6.79. The van der Waals surface area contributed by atoms with E-state index in [0.29, 0.717) is 0 Å². The molecule has 0 saturated heterocycles. The number of nitrogens with zero attached hydrogens (tertiary/aromatic N) is 1. The lowest BCUT2D eigenvalue weighted by Gasteiger charge is -2.22. The van der Waals surface area contributed by atoms with Crippen molar-refractivity contribution in [1.82, 2.24) is 10.3 Å². The second-order valence-electron chi connectivity index (χ2n) is 4.63. The number of thiophene rings is 2. The minimum Gasteiger partial charge on any atom is -0.298 e. The fourth-order valence-electron chi connectivity index (χ4n) is 2.21. The van der Waals surface area contributed by atoms with E-state index in [1.807, 2.05) is 12.4 Å². The number of pyridine rings is 1. The highest BCUT2D eigenvalue weighted by Gasteiger charge is 2.19. The average Bonchev–Trinajstić information content (AvgIpc) is 3.19. The molecule has 0 bridgehead atoms. The van der Waals surface area contributed by atoms with E-state index in [4.69, 9.17) is 0 Å². The quantitative estimate of drug-likeness (QED) is 0.742. The first-order chi connectivity index (χ1) is 9.84. The zero-order valence-corrected chi connectivity index (χ0v) is 12.8. The van der Waals surface area contributed by atoms with Crippen molar-refractivity contribution < 1.29 is 0 Å². The normalized spacial score (nSPS) is 12.7. The Kier molecular flexibility index (Phi) is 4.25. The van der Waals surface area contributed by atoms with Gasteiger partial charge >= 0.3 is 0 Å². The van der Waals surface area contributed by atoms with Crippen molar-refractivity contribution >= 4 is 22.7 Å². The average molecular weight is 300 g/mol. The van der Waals surface area contributed by atoms with E-state index in [0.717, 1.165) is 0 Å². The van der Waals surface area contributed by atoms with Crippen LogP contribution in [0.4, 0.5) is 0 Å². The maximum atomic E-state index is 4.08. The van der Waals surface area contributed by atoms with E-state index >= 15 is 0 Å². The number of rotatable bonds is 5. The minimum absolute atomic E-state index is 0.262. The fourth-order valence-corrected chi connectivity index (χ4v) is 3.89. The molecule has 0 aromatic carbocycles. The molecule has 3 aromatic heterocycles. The third kappa shape index (κ3) is 2.98. The lowest BCUT2D eigenvalue weighted by atomic mass is 10.1. The van der Waals surface area contributed by atoms with Gasteiger partial charge in [-0.25, -0.2) is 0 Å². The van der Waals surface area contributed by atoms with Gasteiger partial charge in [-0.3, -0.25) is 10.3 Å². The highest BCUT2D eigenvalue weighted by Crippen LogP contribution is 2.31. The van der Waals surface area contributed by atoms with Gasteiger partial charge in [0.25, 0.3) is 0 Å². The van der Waals surface area contributed by atoms with Crippen molar-refractivity contribution in [3.05, 3.63) is 74.9 Å². The van der Waals surface area contributed by atoms with E-state index in [1.165, 1.54) is 15.3 Å². The fraction of sp³-hybridized carbons (Fsp3) is 0.188. The zero-order chi connectivity index (χ0) is 13.8. The number of aromatic nitrogens is 1. The van der Waals surface area contributed by atoms with E-state index < -0.39 is 0 Å². The second kappa shape index (κ2) is 6.31. The maximum Gasteiger partial charge on any atom is 0.0769 e. The Morgan fingerprint density at radius 2 is 1.55 bits per heavy atom. The van der Waals surface area contributed by atoms with Gasteiger partial charge in [0.2, 0.25) is 0 Å². The van der Waals surface area contributed by atoms with Crippen LogP contribution in [-0.2, 0) is 0 Å². The van der Waals surface area contributed by atoms with Gasteiger partial charge in [-0.15, -0.1) is 22.7 Å². The Labute approximate surface area is 127 Å². The molecule has 4 heteroatoms. The first-order valence-corrected chi connectivity index (χ1v) is 8.33. The van der Waals surface area contributed by atoms with E-state index in [-0.39, 0.29) is 12.1 Å². The Hall–Kier alpha value is -1.49. The van der Waals surface area contributed by atoms with Crippen LogP contribution in [0.25, 0.3) is 0 Å². The second-order valence-corrected chi connectivity index (χ2v) is 6.59. The van der Waals surface area contributed by atoms with Crippen molar-refractivity contribution in [3.8, 4) is 0 Å². The molecule has 3 rings (SSSR count). The van der Waals surface area contributed by atoms with E-state index in [2.05, 4.69) is 64.4 Å². The molecule has 0 aliphatic heterocycles. The number of hydrogen-bond donors (Lipinski definition) is 1. The van der Waals surface area contributed by atoms with Gasteiger partial charge < -0.3 is 0 Å². The third-order valence-corrected chi connectivity index (χ3v) is 5.15. The van der Waals surface area contributed by atoms with Crippen LogP contribution >= 0.6 is 22.7 Å². The van der Waals surface area contributed by atoms with Crippen LogP contribution in [0.1, 0.15) is 34.3 Å². The Balaban J connectivity index is 1.84. The summed E-state index contributed by atoms with van der Waals surface area (Å²) in [6, 6.07) is 13.3. The van der Waals surface area contributed by atoms with Gasteiger partial charge in [0, 0.05) is 28.2 Å². The number of hydrogen-bond acceptors (Lipinski definition) is 4. The summed E-state index contributed by atoms with van der Waals surface area (Å²) in [6.07, 6.45) is 3.69. The highest BCUT2D eigenvalue weighted by atomic mass is 32.1. The van der Waals surface area contributed by atoms with Crippen LogP contribution in [0.2, 0.25) is 0 Å². The first-order valence-electron chi connectivity index (χ1n) is 6.57. The lowest BCUT2D eigenvalue weighted by Crippen LogP contribution is -2.24. The summed E-state index contributed by atoms with van der Waals surface area (Å²) in [6.45, 7) is 2.20. The van der Waals surface area contributed by atoms with Crippen LogP contribution in [0, 0.1) is 0 Å². The van der Waals surface area contributed by atoms with Crippen molar-refractivity contribution in [3.63, 3.8) is 0 Å². The van der Waals surface area contributed by atoms with Crippen LogP contribution in [-0.4, -0.2) is 4.98 Å². The molecule has 0 fully saturated rings. The van der Waals surface area contributed by atoms with Crippen molar-refractivity contribution in [2.24, 2.45) is 0 Å². The van der Waals surface area contributed by atoms with Crippen LogP contribution in [0.15, 0.2) is 59.6 Å². The molecule has 0 unspecified atom stereocenters. The summed E-state index contributed by atoms with van der Waals surface area (Å²) < 4.78 is 0. The predicted molar refractivity (Wildman–Crippen MR) is 86.3 cm³/mol. The van der Waals surface area contributed by atoms with Crippen molar-refractivity contribution in [2.75, 3.05) is 0 Å². The standard InChI is InChI=1S/C16H16N2S2/c1-12(13-6-8-17-9-7-13)18-16(14-4-2-10-19-14)15-5-3-11-20-15/h2-12,16,18H,1H3/t12-/m0/s1. The monoisotopic (exact) mass is 300 g/mol. The third-order valence-electron chi connectivity index (χ3n) is 3.28. The molecular formula is C16H16N2S2. The molecule has 3 aromatic rings. The smallest absolute Gasteiger partial charge is 0.0769 e. The Morgan fingerprint density at radius 1 is 0.950 bits per heavy atom. The highest BCUT2D eigenvalue weighted by molar-refractivity contribution is 7.11. The Bertz CT molecular complexity index is 584. The van der Waals surface area contributed by atoms with Gasteiger partial charge in [0.05, 0.1) is 6.04 Å². The summed E-state index contributed by atoms with van der Waals surface area (Å²) >= 11 is 3.60. The van der Waals surface area contributed by atoms with Gasteiger partial charge in [-0.2, -0.15) is 0 Å². The molecule has 102 valence electrons. The molecule has 20 heavy (non-hydrogen) atoms.